The normalized spacial score (nSPS) is 14.2. The molecule has 0 saturated carbocycles. The van der Waals surface area contributed by atoms with Crippen molar-refractivity contribution in [2.75, 3.05) is 6.61 Å². The number of benzene rings is 1. The Bertz CT molecular complexity index is 749. The Labute approximate surface area is 115 Å². The van der Waals surface area contributed by atoms with Crippen molar-refractivity contribution in [1.82, 2.24) is 9.13 Å². The summed E-state index contributed by atoms with van der Waals surface area (Å²) < 4.78 is 13.4. The summed E-state index contributed by atoms with van der Waals surface area (Å²) in [5, 5.41) is 0. The minimum Gasteiger partial charge on any atom is -0.489 e. The Kier molecular flexibility index (Phi) is 2.64. The number of rotatable bonds is 0. The molecule has 0 atom stereocenters. The summed E-state index contributed by atoms with van der Waals surface area (Å²) in [5.74, 6) is 0.619. The van der Waals surface area contributed by atoms with Gasteiger partial charge in [-0.1, -0.05) is 6.07 Å². The zero-order chi connectivity index (χ0) is 14.5. The molecular formula is C14H16N2O4. The van der Waals surface area contributed by atoms with Gasteiger partial charge in [0.05, 0.1) is 12.1 Å². The smallest absolute Gasteiger partial charge is 0.423 e. The number of hydrogen-bond acceptors (Lipinski definition) is 4. The van der Waals surface area contributed by atoms with Crippen LogP contribution in [0.2, 0.25) is 0 Å². The summed E-state index contributed by atoms with van der Waals surface area (Å²) in [5.41, 5.74) is 0.125. The molecular weight excluding hydrogens is 260 g/mol. The lowest BCUT2D eigenvalue weighted by atomic mass is 10.2. The second-order valence-electron chi connectivity index (χ2n) is 5.72. The third-order valence-corrected chi connectivity index (χ3v) is 3.06. The molecule has 20 heavy (non-hydrogen) atoms. The third kappa shape index (κ3) is 1.88. The molecule has 0 bridgehead atoms. The molecule has 2 heterocycles. The molecule has 0 radical (unpaired) electrons. The zero-order valence-electron chi connectivity index (χ0n) is 11.7. The molecule has 0 amide bonds. The Morgan fingerprint density at radius 1 is 1.35 bits per heavy atom. The van der Waals surface area contributed by atoms with Gasteiger partial charge in [0, 0.05) is 0 Å². The van der Waals surface area contributed by atoms with Crippen molar-refractivity contribution >= 4 is 17.1 Å². The van der Waals surface area contributed by atoms with Gasteiger partial charge in [0.15, 0.2) is 0 Å². The number of aromatic nitrogens is 2. The van der Waals surface area contributed by atoms with E-state index in [-0.39, 0.29) is 5.69 Å². The summed E-state index contributed by atoms with van der Waals surface area (Å²) >= 11 is 0. The van der Waals surface area contributed by atoms with Crippen LogP contribution in [0.3, 0.4) is 0 Å². The van der Waals surface area contributed by atoms with Gasteiger partial charge in [-0.2, -0.15) is 4.57 Å². The number of para-hydroxylation sites is 1. The molecule has 1 aromatic carbocycles. The number of carbonyl (C=O) groups excluding carboxylic acids is 1. The zero-order valence-corrected chi connectivity index (χ0v) is 11.7. The molecule has 2 aromatic rings. The van der Waals surface area contributed by atoms with E-state index in [1.54, 1.807) is 43.5 Å². The lowest BCUT2D eigenvalue weighted by Crippen LogP contribution is -2.35. The van der Waals surface area contributed by atoms with Gasteiger partial charge < -0.3 is 9.47 Å². The highest BCUT2D eigenvalue weighted by molar-refractivity contribution is 5.90. The highest BCUT2D eigenvalue weighted by atomic mass is 16.6. The Hall–Kier alpha value is -2.24. The van der Waals surface area contributed by atoms with E-state index in [0.29, 0.717) is 29.9 Å². The number of carbonyl (C=O) groups is 1. The first-order valence-corrected chi connectivity index (χ1v) is 6.49. The molecule has 0 saturated heterocycles. The molecule has 6 nitrogen and oxygen atoms in total. The predicted octanol–water partition coefficient (Wildman–Crippen LogP) is 1.98. The molecule has 1 aliphatic rings. The van der Waals surface area contributed by atoms with Crippen LogP contribution in [-0.2, 0) is 11.3 Å². The van der Waals surface area contributed by atoms with Gasteiger partial charge in [0.1, 0.15) is 23.5 Å². The minimum absolute atomic E-state index is 0.384. The monoisotopic (exact) mass is 276 g/mol. The first-order chi connectivity index (χ1) is 9.38. The van der Waals surface area contributed by atoms with Crippen molar-refractivity contribution in [3.8, 4) is 5.75 Å². The molecule has 0 spiro atoms. The van der Waals surface area contributed by atoms with Crippen LogP contribution in [-0.4, -0.2) is 27.4 Å². The molecule has 106 valence electrons. The van der Waals surface area contributed by atoms with Crippen LogP contribution in [0.4, 0.5) is 4.79 Å². The van der Waals surface area contributed by atoms with E-state index in [1.807, 2.05) is 0 Å². The van der Waals surface area contributed by atoms with Crippen LogP contribution in [0.15, 0.2) is 23.0 Å². The maximum Gasteiger partial charge on any atom is 0.423 e. The Morgan fingerprint density at radius 3 is 2.80 bits per heavy atom. The second kappa shape index (κ2) is 4.13. The van der Waals surface area contributed by atoms with Crippen molar-refractivity contribution in [2.45, 2.75) is 32.9 Å². The molecule has 0 unspecified atom stereocenters. The lowest BCUT2D eigenvalue weighted by Gasteiger charge is -2.19. The van der Waals surface area contributed by atoms with Crippen molar-refractivity contribution in [1.29, 1.82) is 0 Å². The molecule has 0 N–H and O–H groups in total. The van der Waals surface area contributed by atoms with Gasteiger partial charge in [-0.25, -0.2) is 9.59 Å². The topological polar surface area (TPSA) is 62.5 Å². The van der Waals surface area contributed by atoms with E-state index in [1.165, 1.54) is 0 Å². The van der Waals surface area contributed by atoms with Gasteiger partial charge in [0.2, 0.25) is 0 Å². The summed E-state index contributed by atoms with van der Waals surface area (Å²) in [7, 11) is 0. The van der Waals surface area contributed by atoms with E-state index in [9.17, 15) is 9.59 Å². The van der Waals surface area contributed by atoms with Gasteiger partial charge >= 0.3 is 11.8 Å². The maximum atomic E-state index is 12.4. The van der Waals surface area contributed by atoms with Gasteiger partial charge in [0.25, 0.3) is 0 Å². The third-order valence-electron chi connectivity index (χ3n) is 3.06. The number of nitrogens with zero attached hydrogens (tertiary/aromatic N) is 2. The molecule has 3 rings (SSSR count). The minimum atomic E-state index is -0.662. The van der Waals surface area contributed by atoms with Crippen LogP contribution in [0.5, 0.6) is 5.75 Å². The number of ether oxygens (including phenoxy) is 2. The molecule has 1 aliphatic heterocycles. The molecule has 0 aliphatic carbocycles. The van der Waals surface area contributed by atoms with Gasteiger partial charge in [-0.05, 0) is 32.9 Å². The molecule has 1 aromatic heterocycles. The summed E-state index contributed by atoms with van der Waals surface area (Å²) in [4.78, 5) is 24.6. The van der Waals surface area contributed by atoms with Crippen LogP contribution in [0, 0.1) is 0 Å². The van der Waals surface area contributed by atoms with Crippen LogP contribution >= 0.6 is 0 Å². The quantitative estimate of drug-likeness (QED) is 0.738. The predicted molar refractivity (Wildman–Crippen MR) is 73.3 cm³/mol. The van der Waals surface area contributed by atoms with Crippen molar-refractivity contribution in [2.24, 2.45) is 0 Å². The van der Waals surface area contributed by atoms with Crippen LogP contribution < -0.4 is 10.4 Å². The first kappa shape index (κ1) is 12.8. The largest absolute Gasteiger partial charge is 0.489 e. The summed E-state index contributed by atoms with van der Waals surface area (Å²) in [6.45, 7) is 6.15. The maximum absolute atomic E-state index is 12.4. The SMILES string of the molecule is CC(C)(C)OC(=O)n1c(=O)n2c3c(cccc31)OCC2. The molecule has 6 heteroatoms. The van der Waals surface area contributed by atoms with Gasteiger partial charge in [-0.3, -0.25) is 4.57 Å². The van der Waals surface area contributed by atoms with Crippen molar-refractivity contribution < 1.29 is 14.3 Å². The first-order valence-electron chi connectivity index (χ1n) is 6.49. The fourth-order valence-electron chi connectivity index (χ4n) is 2.34. The van der Waals surface area contributed by atoms with E-state index in [0.717, 1.165) is 4.57 Å². The van der Waals surface area contributed by atoms with E-state index >= 15 is 0 Å². The molecule has 0 fully saturated rings. The van der Waals surface area contributed by atoms with Crippen molar-refractivity contribution in [3.05, 3.63) is 28.7 Å². The van der Waals surface area contributed by atoms with E-state index in [4.69, 9.17) is 9.47 Å². The van der Waals surface area contributed by atoms with Gasteiger partial charge in [-0.15, -0.1) is 0 Å². The average molecular weight is 276 g/mol. The Morgan fingerprint density at radius 2 is 2.10 bits per heavy atom. The Balaban J connectivity index is 2.23. The fourth-order valence-corrected chi connectivity index (χ4v) is 2.34. The summed E-state index contributed by atoms with van der Waals surface area (Å²) in [6, 6.07) is 5.26. The van der Waals surface area contributed by atoms with Crippen LogP contribution in [0.25, 0.3) is 11.0 Å². The summed E-state index contributed by atoms with van der Waals surface area (Å²) in [6.07, 6.45) is -0.662. The number of imidazole rings is 1. The fraction of sp³-hybridized carbons (Fsp3) is 0.429. The standard InChI is InChI=1S/C14H16N2O4/c1-14(2,3)20-13(18)16-9-5-4-6-10-11(9)15(12(16)17)7-8-19-10/h4-6H,7-8H2,1-3H3. The highest BCUT2D eigenvalue weighted by Gasteiger charge is 2.26. The lowest BCUT2D eigenvalue weighted by molar-refractivity contribution is 0.0537. The second-order valence-corrected chi connectivity index (χ2v) is 5.72. The number of hydrogen-bond donors (Lipinski definition) is 0. The van der Waals surface area contributed by atoms with E-state index in [2.05, 4.69) is 0 Å². The highest BCUT2D eigenvalue weighted by Crippen LogP contribution is 2.28. The average Bonchev–Trinajstić information content (AvgIpc) is 2.63. The van der Waals surface area contributed by atoms with E-state index < -0.39 is 11.7 Å². The van der Waals surface area contributed by atoms with Crippen molar-refractivity contribution in [3.63, 3.8) is 0 Å². The van der Waals surface area contributed by atoms with Crippen LogP contribution in [0.1, 0.15) is 20.8 Å².